The van der Waals surface area contributed by atoms with E-state index < -0.39 is 0 Å². The number of amides is 1. The SMILES string of the molecule is O=C(CNCC1CC1)NC1CCN(CCOc2ccc(Cl)cc2)CC1. The normalized spacial score (nSPS) is 18.9. The summed E-state index contributed by atoms with van der Waals surface area (Å²) in [6.45, 7) is 5.02. The summed E-state index contributed by atoms with van der Waals surface area (Å²) < 4.78 is 5.75. The van der Waals surface area contributed by atoms with E-state index in [-0.39, 0.29) is 5.91 Å². The minimum Gasteiger partial charge on any atom is -0.492 e. The van der Waals surface area contributed by atoms with Crippen molar-refractivity contribution in [3.05, 3.63) is 29.3 Å². The van der Waals surface area contributed by atoms with Gasteiger partial charge in [0.1, 0.15) is 12.4 Å². The average molecular weight is 366 g/mol. The summed E-state index contributed by atoms with van der Waals surface area (Å²) in [7, 11) is 0. The minimum absolute atomic E-state index is 0.130. The Morgan fingerprint density at radius 3 is 2.56 bits per heavy atom. The second-order valence-electron chi connectivity index (χ2n) is 7.06. The van der Waals surface area contributed by atoms with Crippen LogP contribution in [-0.4, -0.2) is 56.2 Å². The van der Waals surface area contributed by atoms with Crippen molar-refractivity contribution < 1.29 is 9.53 Å². The number of ether oxygens (including phenoxy) is 1. The zero-order valence-electron chi connectivity index (χ0n) is 14.7. The molecule has 1 saturated carbocycles. The van der Waals surface area contributed by atoms with Crippen molar-refractivity contribution in [2.24, 2.45) is 5.92 Å². The van der Waals surface area contributed by atoms with Gasteiger partial charge < -0.3 is 15.4 Å². The summed E-state index contributed by atoms with van der Waals surface area (Å²) in [6, 6.07) is 7.77. The Morgan fingerprint density at radius 2 is 1.88 bits per heavy atom. The van der Waals surface area contributed by atoms with Gasteiger partial charge in [0, 0.05) is 30.7 Å². The molecule has 0 aromatic heterocycles. The van der Waals surface area contributed by atoms with E-state index in [0.29, 0.717) is 19.2 Å². The number of likely N-dealkylation sites (tertiary alicyclic amines) is 1. The molecule has 5 nitrogen and oxygen atoms in total. The quantitative estimate of drug-likeness (QED) is 0.705. The van der Waals surface area contributed by atoms with Gasteiger partial charge in [-0.05, 0) is 62.4 Å². The zero-order chi connectivity index (χ0) is 17.5. The summed E-state index contributed by atoms with van der Waals surface area (Å²) >= 11 is 5.86. The van der Waals surface area contributed by atoms with Gasteiger partial charge >= 0.3 is 0 Å². The lowest BCUT2D eigenvalue weighted by Crippen LogP contribution is -2.47. The molecule has 2 fully saturated rings. The molecule has 25 heavy (non-hydrogen) atoms. The number of hydrogen-bond acceptors (Lipinski definition) is 4. The van der Waals surface area contributed by atoms with Gasteiger partial charge in [-0.1, -0.05) is 11.6 Å². The molecule has 6 heteroatoms. The number of nitrogens with zero attached hydrogens (tertiary/aromatic N) is 1. The molecule has 1 heterocycles. The van der Waals surface area contributed by atoms with Crippen molar-refractivity contribution in [1.29, 1.82) is 0 Å². The highest BCUT2D eigenvalue weighted by molar-refractivity contribution is 6.30. The number of hydrogen-bond donors (Lipinski definition) is 2. The summed E-state index contributed by atoms with van der Waals surface area (Å²) in [5, 5.41) is 7.12. The molecular weight excluding hydrogens is 338 g/mol. The largest absolute Gasteiger partial charge is 0.492 e. The van der Waals surface area contributed by atoms with Gasteiger partial charge in [0.2, 0.25) is 5.91 Å². The van der Waals surface area contributed by atoms with Crippen molar-refractivity contribution in [1.82, 2.24) is 15.5 Å². The van der Waals surface area contributed by atoms with Crippen LogP contribution in [-0.2, 0) is 4.79 Å². The van der Waals surface area contributed by atoms with E-state index in [1.807, 2.05) is 24.3 Å². The number of halogens is 1. The standard InChI is InChI=1S/C19H28ClN3O2/c20-16-3-5-18(6-4-16)25-12-11-23-9-7-17(8-10-23)22-19(24)14-21-13-15-1-2-15/h3-6,15,17,21H,1-2,7-14H2,(H,22,24). The highest BCUT2D eigenvalue weighted by Gasteiger charge is 2.22. The lowest BCUT2D eigenvalue weighted by molar-refractivity contribution is -0.121. The van der Waals surface area contributed by atoms with Gasteiger partial charge in [0.15, 0.2) is 0 Å². The predicted octanol–water partition coefficient (Wildman–Crippen LogP) is 2.30. The second kappa shape index (κ2) is 9.41. The fourth-order valence-corrected chi connectivity index (χ4v) is 3.24. The van der Waals surface area contributed by atoms with E-state index in [1.165, 1.54) is 12.8 Å². The number of rotatable bonds is 9. The third-order valence-corrected chi connectivity index (χ3v) is 5.11. The first-order chi connectivity index (χ1) is 12.2. The molecule has 138 valence electrons. The van der Waals surface area contributed by atoms with Crippen molar-refractivity contribution in [3.8, 4) is 5.75 Å². The molecular formula is C19H28ClN3O2. The highest BCUT2D eigenvalue weighted by atomic mass is 35.5. The molecule has 2 aliphatic rings. The first-order valence-corrected chi connectivity index (χ1v) is 9.67. The van der Waals surface area contributed by atoms with Crippen LogP contribution >= 0.6 is 11.6 Å². The molecule has 0 atom stereocenters. The Labute approximate surface area is 155 Å². The maximum atomic E-state index is 11.9. The Morgan fingerprint density at radius 1 is 1.16 bits per heavy atom. The van der Waals surface area contributed by atoms with Crippen molar-refractivity contribution >= 4 is 17.5 Å². The van der Waals surface area contributed by atoms with Gasteiger partial charge in [0.05, 0.1) is 6.54 Å². The Balaban J connectivity index is 1.25. The topological polar surface area (TPSA) is 53.6 Å². The van der Waals surface area contributed by atoms with E-state index >= 15 is 0 Å². The van der Waals surface area contributed by atoms with Crippen LogP contribution in [0.4, 0.5) is 0 Å². The average Bonchev–Trinajstić information content (AvgIpc) is 3.43. The van der Waals surface area contributed by atoms with E-state index in [2.05, 4.69) is 15.5 Å². The van der Waals surface area contributed by atoms with Crippen molar-refractivity contribution in [3.63, 3.8) is 0 Å². The van der Waals surface area contributed by atoms with Gasteiger partial charge in [0.25, 0.3) is 0 Å². The molecule has 0 spiro atoms. The van der Waals surface area contributed by atoms with Crippen molar-refractivity contribution in [2.75, 3.05) is 39.3 Å². The highest BCUT2D eigenvalue weighted by Crippen LogP contribution is 2.27. The van der Waals surface area contributed by atoms with Crippen LogP contribution in [0, 0.1) is 5.92 Å². The Kier molecular flexibility index (Phi) is 6.96. The number of carbonyl (C=O) groups excluding carboxylic acids is 1. The van der Waals surface area contributed by atoms with Gasteiger partial charge in [-0.25, -0.2) is 0 Å². The number of benzene rings is 1. The molecule has 0 radical (unpaired) electrons. The van der Waals surface area contributed by atoms with Crippen LogP contribution in [0.15, 0.2) is 24.3 Å². The van der Waals surface area contributed by atoms with Crippen LogP contribution < -0.4 is 15.4 Å². The van der Waals surface area contributed by atoms with E-state index in [1.54, 1.807) is 0 Å². The molecule has 1 aromatic rings. The molecule has 1 aliphatic heterocycles. The first-order valence-electron chi connectivity index (χ1n) is 9.30. The van der Waals surface area contributed by atoms with Crippen LogP contribution in [0.2, 0.25) is 5.02 Å². The van der Waals surface area contributed by atoms with E-state index in [4.69, 9.17) is 16.3 Å². The Hall–Kier alpha value is -1.30. The Bertz CT molecular complexity index is 540. The van der Waals surface area contributed by atoms with Crippen molar-refractivity contribution in [2.45, 2.75) is 31.7 Å². The zero-order valence-corrected chi connectivity index (χ0v) is 15.4. The van der Waals surface area contributed by atoms with Crippen LogP contribution in [0.3, 0.4) is 0 Å². The fraction of sp³-hybridized carbons (Fsp3) is 0.632. The molecule has 1 amide bonds. The summed E-state index contributed by atoms with van der Waals surface area (Å²) in [5.41, 5.74) is 0. The predicted molar refractivity (Wildman–Crippen MR) is 100 cm³/mol. The summed E-state index contributed by atoms with van der Waals surface area (Å²) in [4.78, 5) is 14.3. The lowest BCUT2D eigenvalue weighted by atomic mass is 10.1. The number of carbonyl (C=O) groups is 1. The third-order valence-electron chi connectivity index (χ3n) is 4.86. The van der Waals surface area contributed by atoms with Crippen LogP contribution in [0.1, 0.15) is 25.7 Å². The monoisotopic (exact) mass is 365 g/mol. The maximum Gasteiger partial charge on any atom is 0.234 e. The van der Waals surface area contributed by atoms with Crippen LogP contribution in [0.25, 0.3) is 0 Å². The van der Waals surface area contributed by atoms with Gasteiger partial charge in [-0.2, -0.15) is 0 Å². The molecule has 1 aromatic carbocycles. The maximum absolute atomic E-state index is 11.9. The van der Waals surface area contributed by atoms with E-state index in [9.17, 15) is 4.79 Å². The molecule has 0 unspecified atom stereocenters. The first kappa shape index (κ1) is 18.5. The lowest BCUT2D eigenvalue weighted by Gasteiger charge is -2.32. The van der Waals surface area contributed by atoms with Gasteiger partial charge in [-0.3, -0.25) is 9.69 Å². The molecule has 3 rings (SSSR count). The third kappa shape index (κ3) is 6.84. The second-order valence-corrected chi connectivity index (χ2v) is 7.50. The summed E-state index contributed by atoms with van der Waals surface area (Å²) in [5.74, 6) is 1.79. The fourth-order valence-electron chi connectivity index (χ4n) is 3.11. The molecule has 1 aliphatic carbocycles. The smallest absolute Gasteiger partial charge is 0.234 e. The minimum atomic E-state index is 0.130. The molecule has 0 bridgehead atoms. The van der Waals surface area contributed by atoms with Gasteiger partial charge in [-0.15, -0.1) is 0 Å². The number of piperidine rings is 1. The summed E-state index contributed by atoms with van der Waals surface area (Å²) in [6.07, 6.45) is 4.65. The molecule has 2 N–H and O–H groups in total. The van der Waals surface area contributed by atoms with Crippen LogP contribution in [0.5, 0.6) is 5.75 Å². The molecule has 1 saturated heterocycles. The number of nitrogens with one attached hydrogen (secondary N) is 2. The van der Waals surface area contributed by atoms with E-state index in [0.717, 1.165) is 55.7 Å².